The summed E-state index contributed by atoms with van der Waals surface area (Å²) in [5.74, 6) is 0.232. The average molecular weight is 313 g/mol. The monoisotopic (exact) mass is 312 g/mol. The van der Waals surface area contributed by atoms with Gasteiger partial charge in [-0.15, -0.1) is 0 Å². The molecule has 1 unspecified atom stereocenters. The van der Waals surface area contributed by atoms with E-state index in [2.05, 4.69) is 5.32 Å². The van der Waals surface area contributed by atoms with E-state index in [4.69, 9.17) is 23.2 Å². The minimum atomic E-state index is -0.00151. The lowest BCUT2D eigenvalue weighted by Crippen LogP contribution is -2.43. The molecule has 108 valence electrons. The van der Waals surface area contributed by atoms with E-state index in [-0.39, 0.29) is 18.0 Å². The molecular formula is C15H18Cl2N2O. The van der Waals surface area contributed by atoms with Gasteiger partial charge in [0.25, 0.3) is 0 Å². The molecule has 0 aromatic heterocycles. The maximum atomic E-state index is 12.6. The number of nitrogens with one attached hydrogen (secondary N) is 1. The number of amides is 1. The van der Waals surface area contributed by atoms with E-state index >= 15 is 0 Å². The van der Waals surface area contributed by atoms with E-state index in [0.29, 0.717) is 10.0 Å². The van der Waals surface area contributed by atoms with Crippen LogP contribution in [0.3, 0.4) is 0 Å². The fourth-order valence-corrected chi connectivity index (χ4v) is 3.50. The molecule has 2 fully saturated rings. The van der Waals surface area contributed by atoms with Crippen molar-refractivity contribution in [3.8, 4) is 0 Å². The van der Waals surface area contributed by atoms with Crippen molar-refractivity contribution in [2.45, 2.75) is 37.8 Å². The van der Waals surface area contributed by atoms with Crippen molar-refractivity contribution in [3.63, 3.8) is 0 Å². The summed E-state index contributed by atoms with van der Waals surface area (Å²) in [6, 6.07) is 5.82. The van der Waals surface area contributed by atoms with Crippen LogP contribution in [0.25, 0.3) is 0 Å². The number of hydrogen-bond acceptors (Lipinski definition) is 2. The molecule has 0 saturated carbocycles. The molecule has 2 atom stereocenters. The van der Waals surface area contributed by atoms with Gasteiger partial charge in [0.05, 0.1) is 22.1 Å². The highest BCUT2D eigenvalue weighted by atomic mass is 35.5. The molecule has 20 heavy (non-hydrogen) atoms. The van der Waals surface area contributed by atoms with Crippen molar-refractivity contribution in [3.05, 3.63) is 33.8 Å². The van der Waals surface area contributed by atoms with Gasteiger partial charge in [0.2, 0.25) is 5.91 Å². The molecule has 2 aliphatic rings. The first-order valence-electron chi connectivity index (χ1n) is 7.15. The molecule has 2 heterocycles. The van der Waals surface area contributed by atoms with E-state index in [1.165, 1.54) is 0 Å². The number of rotatable bonds is 2. The van der Waals surface area contributed by atoms with Gasteiger partial charge in [-0.2, -0.15) is 0 Å². The number of benzene rings is 1. The highest BCUT2D eigenvalue weighted by Gasteiger charge is 2.35. The highest BCUT2D eigenvalue weighted by Crippen LogP contribution is 2.35. The van der Waals surface area contributed by atoms with Gasteiger partial charge in [-0.3, -0.25) is 4.79 Å². The minimum absolute atomic E-state index is 0.00151. The molecule has 3 nitrogen and oxygen atoms in total. The summed E-state index contributed by atoms with van der Waals surface area (Å²) in [7, 11) is 0. The van der Waals surface area contributed by atoms with Crippen LogP contribution in [-0.4, -0.2) is 29.9 Å². The lowest BCUT2D eigenvalue weighted by molar-refractivity contribution is -0.134. The van der Waals surface area contributed by atoms with Gasteiger partial charge in [-0.05, 0) is 49.9 Å². The highest BCUT2D eigenvalue weighted by molar-refractivity contribution is 6.42. The number of likely N-dealkylation sites (tertiary alicyclic amines) is 1. The summed E-state index contributed by atoms with van der Waals surface area (Å²) in [5, 5.41) is 4.40. The first-order valence-corrected chi connectivity index (χ1v) is 7.91. The zero-order valence-corrected chi connectivity index (χ0v) is 12.8. The molecule has 0 aliphatic carbocycles. The molecular weight excluding hydrogens is 295 g/mol. The Morgan fingerprint density at radius 2 is 2.05 bits per heavy atom. The number of carbonyl (C=O) groups is 1. The van der Waals surface area contributed by atoms with Crippen LogP contribution in [0.4, 0.5) is 0 Å². The maximum absolute atomic E-state index is 12.6. The minimum Gasteiger partial charge on any atom is -0.334 e. The van der Waals surface area contributed by atoms with E-state index in [1.807, 2.05) is 23.1 Å². The van der Waals surface area contributed by atoms with Gasteiger partial charge in [-0.25, -0.2) is 0 Å². The van der Waals surface area contributed by atoms with Crippen molar-refractivity contribution in [1.29, 1.82) is 0 Å². The van der Waals surface area contributed by atoms with Gasteiger partial charge in [0.1, 0.15) is 0 Å². The molecule has 0 radical (unpaired) electrons. The summed E-state index contributed by atoms with van der Waals surface area (Å²) >= 11 is 12.1. The summed E-state index contributed by atoms with van der Waals surface area (Å²) in [5.41, 5.74) is 1.09. The molecule has 1 N–H and O–H groups in total. The molecule has 0 bridgehead atoms. The second kappa shape index (κ2) is 5.92. The standard InChI is InChI=1S/C15H18Cl2N2O/c16-11-6-5-10(9-12(11)17)14-4-2-8-19(14)15(20)13-3-1-7-18-13/h5-6,9,13-14,18H,1-4,7-8H2/t13-,14?/m0/s1. The third kappa shape index (κ3) is 2.67. The van der Waals surface area contributed by atoms with Crippen LogP contribution >= 0.6 is 23.2 Å². The number of hydrogen-bond donors (Lipinski definition) is 1. The second-order valence-corrected chi connectivity index (χ2v) is 6.33. The Morgan fingerprint density at radius 3 is 2.75 bits per heavy atom. The Balaban J connectivity index is 1.80. The van der Waals surface area contributed by atoms with Crippen LogP contribution in [0.15, 0.2) is 18.2 Å². The third-order valence-corrected chi connectivity index (χ3v) is 4.96. The van der Waals surface area contributed by atoms with Crippen molar-refractivity contribution in [1.82, 2.24) is 10.2 Å². The Bertz CT molecular complexity index is 515. The zero-order chi connectivity index (χ0) is 14.1. The molecule has 1 aromatic carbocycles. The normalized spacial score (nSPS) is 26.2. The number of nitrogens with zero attached hydrogens (tertiary/aromatic N) is 1. The average Bonchev–Trinajstić information content (AvgIpc) is 3.11. The summed E-state index contributed by atoms with van der Waals surface area (Å²) < 4.78 is 0. The molecule has 2 saturated heterocycles. The summed E-state index contributed by atoms with van der Waals surface area (Å²) in [4.78, 5) is 14.6. The predicted molar refractivity (Wildman–Crippen MR) is 81.2 cm³/mol. The van der Waals surface area contributed by atoms with E-state index in [9.17, 15) is 4.79 Å². The fraction of sp³-hybridized carbons (Fsp3) is 0.533. The van der Waals surface area contributed by atoms with Crippen LogP contribution in [0, 0.1) is 0 Å². The lowest BCUT2D eigenvalue weighted by Gasteiger charge is -2.28. The summed E-state index contributed by atoms with van der Waals surface area (Å²) in [6.45, 7) is 1.78. The Hall–Kier alpha value is -0.770. The molecule has 1 aromatic rings. The van der Waals surface area contributed by atoms with Crippen LogP contribution in [0.2, 0.25) is 10.0 Å². The molecule has 1 amide bonds. The van der Waals surface area contributed by atoms with Gasteiger partial charge in [0, 0.05) is 6.54 Å². The third-order valence-electron chi connectivity index (χ3n) is 4.22. The largest absolute Gasteiger partial charge is 0.334 e. The van der Waals surface area contributed by atoms with Crippen molar-refractivity contribution >= 4 is 29.1 Å². The molecule has 0 spiro atoms. The number of halogens is 2. The van der Waals surface area contributed by atoms with Crippen molar-refractivity contribution in [2.24, 2.45) is 0 Å². The van der Waals surface area contributed by atoms with E-state index in [1.54, 1.807) is 0 Å². The molecule has 3 rings (SSSR count). The fourth-order valence-electron chi connectivity index (χ4n) is 3.19. The lowest BCUT2D eigenvalue weighted by atomic mass is 10.0. The van der Waals surface area contributed by atoms with Crippen molar-refractivity contribution < 1.29 is 4.79 Å². The van der Waals surface area contributed by atoms with E-state index < -0.39 is 0 Å². The predicted octanol–water partition coefficient (Wildman–Crippen LogP) is 3.41. The Labute approximate surface area is 129 Å². The van der Waals surface area contributed by atoms with Crippen molar-refractivity contribution in [2.75, 3.05) is 13.1 Å². The van der Waals surface area contributed by atoms with Crippen LogP contribution < -0.4 is 5.32 Å². The number of carbonyl (C=O) groups excluding carboxylic acids is 1. The second-order valence-electron chi connectivity index (χ2n) is 5.51. The first kappa shape index (κ1) is 14.2. The van der Waals surface area contributed by atoms with Gasteiger partial charge < -0.3 is 10.2 Å². The SMILES string of the molecule is O=C([C@@H]1CCCN1)N1CCCC1c1ccc(Cl)c(Cl)c1. The molecule has 2 aliphatic heterocycles. The van der Waals surface area contributed by atoms with Gasteiger partial charge in [-0.1, -0.05) is 29.3 Å². The Morgan fingerprint density at radius 1 is 1.20 bits per heavy atom. The van der Waals surface area contributed by atoms with Crippen LogP contribution in [0.5, 0.6) is 0 Å². The summed E-state index contributed by atoms with van der Waals surface area (Å²) in [6.07, 6.45) is 4.07. The van der Waals surface area contributed by atoms with Crippen LogP contribution in [0.1, 0.15) is 37.3 Å². The first-order chi connectivity index (χ1) is 9.66. The maximum Gasteiger partial charge on any atom is 0.240 e. The topological polar surface area (TPSA) is 32.3 Å². The zero-order valence-electron chi connectivity index (χ0n) is 11.2. The van der Waals surface area contributed by atoms with Crippen LogP contribution in [-0.2, 0) is 4.79 Å². The quantitative estimate of drug-likeness (QED) is 0.907. The smallest absolute Gasteiger partial charge is 0.240 e. The Kier molecular flexibility index (Phi) is 4.20. The van der Waals surface area contributed by atoms with E-state index in [0.717, 1.165) is 44.3 Å². The van der Waals surface area contributed by atoms with Gasteiger partial charge in [0.15, 0.2) is 0 Å². The van der Waals surface area contributed by atoms with Gasteiger partial charge >= 0.3 is 0 Å². The molecule has 5 heteroatoms.